The maximum atomic E-state index is 11.8. The molecule has 0 aromatic rings. The summed E-state index contributed by atoms with van der Waals surface area (Å²) in [7, 11) is 0. The molecular formula is C12H17NO3. The van der Waals surface area contributed by atoms with Crippen LogP contribution in [0.25, 0.3) is 0 Å². The number of carbonyl (C=O) groups is 2. The van der Waals surface area contributed by atoms with Crippen LogP contribution >= 0.6 is 0 Å². The van der Waals surface area contributed by atoms with E-state index >= 15 is 0 Å². The van der Waals surface area contributed by atoms with Crippen LogP contribution in [0, 0.1) is 5.92 Å². The minimum absolute atomic E-state index is 0.0783. The lowest BCUT2D eigenvalue weighted by molar-refractivity contribution is -0.148. The van der Waals surface area contributed by atoms with Gasteiger partial charge in [0.05, 0.1) is 12.6 Å². The molecule has 16 heavy (non-hydrogen) atoms. The van der Waals surface area contributed by atoms with Gasteiger partial charge in [0.15, 0.2) is 0 Å². The van der Waals surface area contributed by atoms with Crippen LogP contribution < -0.4 is 0 Å². The van der Waals surface area contributed by atoms with E-state index in [-0.39, 0.29) is 24.5 Å². The zero-order chi connectivity index (χ0) is 11.5. The summed E-state index contributed by atoms with van der Waals surface area (Å²) in [5.41, 5.74) is 0. The minimum Gasteiger partial charge on any atom is -0.465 e. The Hall–Kier alpha value is -1.32. The molecule has 2 atom stereocenters. The SMILES string of the molecule is CCOC(=O)CN1C(=O)C[C@@H]2CCC=C[C@H]21. The van der Waals surface area contributed by atoms with Crippen molar-refractivity contribution in [2.45, 2.75) is 32.2 Å². The number of carbonyl (C=O) groups excluding carboxylic acids is 2. The summed E-state index contributed by atoms with van der Waals surface area (Å²) in [6.07, 6.45) is 6.82. The predicted molar refractivity (Wildman–Crippen MR) is 58.6 cm³/mol. The van der Waals surface area contributed by atoms with E-state index in [2.05, 4.69) is 12.2 Å². The molecule has 0 spiro atoms. The molecule has 0 aromatic carbocycles. The topological polar surface area (TPSA) is 46.6 Å². The summed E-state index contributed by atoms with van der Waals surface area (Å²) >= 11 is 0. The minimum atomic E-state index is -0.310. The lowest BCUT2D eigenvalue weighted by Gasteiger charge is -2.26. The molecule has 1 saturated heterocycles. The Morgan fingerprint density at radius 3 is 3.19 bits per heavy atom. The molecule has 1 aliphatic carbocycles. The molecule has 0 radical (unpaired) electrons. The van der Waals surface area contributed by atoms with Crippen molar-refractivity contribution in [2.24, 2.45) is 5.92 Å². The summed E-state index contributed by atoms with van der Waals surface area (Å²) in [6.45, 7) is 2.23. The molecule has 0 N–H and O–H groups in total. The first kappa shape index (κ1) is 11.2. The molecule has 1 aliphatic heterocycles. The van der Waals surface area contributed by atoms with Gasteiger partial charge < -0.3 is 9.64 Å². The first-order chi connectivity index (χ1) is 7.72. The molecule has 1 fully saturated rings. The number of amides is 1. The van der Waals surface area contributed by atoms with E-state index in [1.165, 1.54) is 0 Å². The summed E-state index contributed by atoms with van der Waals surface area (Å²) in [4.78, 5) is 24.8. The molecule has 88 valence electrons. The number of likely N-dealkylation sites (tertiary alicyclic amines) is 1. The van der Waals surface area contributed by atoms with E-state index < -0.39 is 0 Å². The molecule has 0 bridgehead atoms. The summed E-state index contributed by atoms with van der Waals surface area (Å²) in [6, 6.07) is 0.116. The Morgan fingerprint density at radius 1 is 1.62 bits per heavy atom. The van der Waals surface area contributed by atoms with Crippen molar-refractivity contribution in [1.29, 1.82) is 0 Å². The Morgan fingerprint density at radius 2 is 2.44 bits per heavy atom. The van der Waals surface area contributed by atoms with Crippen LogP contribution in [0.3, 0.4) is 0 Å². The zero-order valence-corrected chi connectivity index (χ0v) is 9.52. The van der Waals surface area contributed by atoms with Crippen molar-refractivity contribution < 1.29 is 14.3 Å². The largest absolute Gasteiger partial charge is 0.465 e. The van der Waals surface area contributed by atoms with Gasteiger partial charge in [-0.2, -0.15) is 0 Å². The van der Waals surface area contributed by atoms with Crippen molar-refractivity contribution in [3.05, 3.63) is 12.2 Å². The molecule has 0 saturated carbocycles. The lowest BCUT2D eigenvalue weighted by Crippen LogP contribution is -2.39. The molecule has 0 unspecified atom stereocenters. The Labute approximate surface area is 95.2 Å². The predicted octanol–water partition coefficient (Wildman–Crippen LogP) is 1.12. The standard InChI is InChI=1S/C12H17NO3/c1-2-16-12(15)8-13-10-6-4-3-5-9(10)7-11(13)14/h4,6,9-10H,2-3,5,7-8H2,1H3/t9-,10+/m0/s1. The van der Waals surface area contributed by atoms with Gasteiger partial charge in [0.2, 0.25) is 5.91 Å². The van der Waals surface area contributed by atoms with Crippen LogP contribution in [0.4, 0.5) is 0 Å². The van der Waals surface area contributed by atoms with Crippen LogP contribution in [0.15, 0.2) is 12.2 Å². The highest BCUT2D eigenvalue weighted by molar-refractivity contribution is 5.84. The maximum Gasteiger partial charge on any atom is 0.325 e. The third kappa shape index (κ3) is 2.10. The van der Waals surface area contributed by atoms with E-state index in [1.54, 1.807) is 11.8 Å². The maximum absolute atomic E-state index is 11.8. The van der Waals surface area contributed by atoms with Gasteiger partial charge in [-0.05, 0) is 25.7 Å². The van der Waals surface area contributed by atoms with E-state index in [0.29, 0.717) is 18.9 Å². The van der Waals surface area contributed by atoms with Crippen LogP contribution in [0.5, 0.6) is 0 Å². The molecule has 2 rings (SSSR count). The average Bonchev–Trinajstić information content (AvgIpc) is 2.56. The third-order valence-electron chi connectivity index (χ3n) is 3.24. The smallest absolute Gasteiger partial charge is 0.325 e. The zero-order valence-electron chi connectivity index (χ0n) is 9.52. The number of ether oxygens (including phenoxy) is 1. The fourth-order valence-electron chi connectivity index (χ4n) is 2.50. The average molecular weight is 223 g/mol. The van der Waals surface area contributed by atoms with Gasteiger partial charge in [0.1, 0.15) is 6.54 Å². The first-order valence-corrected chi connectivity index (χ1v) is 5.84. The van der Waals surface area contributed by atoms with Gasteiger partial charge in [-0.1, -0.05) is 12.2 Å². The molecule has 4 heteroatoms. The fraction of sp³-hybridized carbons (Fsp3) is 0.667. The quantitative estimate of drug-likeness (QED) is 0.532. The van der Waals surface area contributed by atoms with Crippen LogP contribution in [0.2, 0.25) is 0 Å². The molecule has 4 nitrogen and oxygen atoms in total. The number of hydrogen-bond acceptors (Lipinski definition) is 3. The first-order valence-electron chi connectivity index (χ1n) is 5.84. The van der Waals surface area contributed by atoms with E-state index in [9.17, 15) is 9.59 Å². The second kappa shape index (κ2) is 4.68. The van der Waals surface area contributed by atoms with Gasteiger partial charge in [-0.25, -0.2) is 0 Å². The highest BCUT2D eigenvalue weighted by Crippen LogP contribution is 2.33. The molecule has 2 aliphatic rings. The molecule has 1 amide bonds. The number of fused-ring (bicyclic) bond motifs is 1. The summed E-state index contributed by atoms with van der Waals surface area (Å²) in [5.74, 6) is 0.164. The number of allylic oxidation sites excluding steroid dienone is 1. The highest BCUT2D eigenvalue weighted by Gasteiger charge is 2.39. The van der Waals surface area contributed by atoms with E-state index in [1.807, 2.05) is 0 Å². The number of nitrogens with zero attached hydrogens (tertiary/aromatic N) is 1. The van der Waals surface area contributed by atoms with Gasteiger partial charge in [-0.15, -0.1) is 0 Å². The van der Waals surface area contributed by atoms with Gasteiger partial charge in [-0.3, -0.25) is 9.59 Å². The molecular weight excluding hydrogens is 206 g/mol. The van der Waals surface area contributed by atoms with Crippen molar-refractivity contribution in [1.82, 2.24) is 4.90 Å². The second-order valence-corrected chi connectivity index (χ2v) is 4.29. The fourth-order valence-corrected chi connectivity index (χ4v) is 2.50. The third-order valence-corrected chi connectivity index (χ3v) is 3.24. The Kier molecular flexibility index (Phi) is 3.27. The van der Waals surface area contributed by atoms with Gasteiger partial charge >= 0.3 is 5.97 Å². The van der Waals surface area contributed by atoms with E-state index in [4.69, 9.17) is 4.74 Å². The monoisotopic (exact) mass is 223 g/mol. The lowest BCUT2D eigenvalue weighted by atomic mass is 9.90. The molecule has 1 heterocycles. The summed E-state index contributed by atoms with van der Waals surface area (Å²) < 4.78 is 4.87. The Balaban J connectivity index is 2.02. The van der Waals surface area contributed by atoms with Crippen molar-refractivity contribution in [3.63, 3.8) is 0 Å². The number of esters is 1. The number of hydrogen-bond donors (Lipinski definition) is 0. The second-order valence-electron chi connectivity index (χ2n) is 4.29. The van der Waals surface area contributed by atoms with Crippen molar-refractivity contribution >= 4 is 11.9 Å². The highest BCUT2D eigenvalue weighted by atomic mass is 16.5. The molecule has 0 aromatic heterocycles. The van der Waals surface area contributed by atoms with Crippen molar-refractivity contribution in [2.75, 3.05) is 13.2 Å². The van der Waals surface area contributed by atoms with Gasteiger partial charge in [0, 0.05) is 6.42 Å². The van der Waals surface area contributed by atoms with Crippen molar-refractivity contribution in [3.8, 4) is 0 Å². The Bertz CT molecular complexity index is 324. The van der Waals surface area contributed by atoms with Crippen LogP contribution in [-0.2, 0) is 14.3 Å². The van der Waals surface area contributed by atoms with E-state index in [0.717, 1.165) is 12.8 Å². The van der Waals surface area contributed by atoms with Gasteiger partial charge in [0.25, 0.3) is 0 Å². The summed E-state index contributed by atoms with van der Waals surface area (Å²) in [5, 5.41) is 0. The number of rotatable bonds is 3. The normalized spacial score (nSPS) is 28.1. The van der Waals surface area contributed by atoms with Crippen LogP contribution in [0.1, 0.15) is 26.2 Å². The van der Waals surface area contributed by atoms with Crippen LogP contribution in [-0.4, -0.2) is 36.0 Å².